The lowest BCUT2D eigenvalue weighted by Crippen LogP contribution is -2.14. The van der Waals surface area contributed by atoms with E-state index >= 15 is 0 Å². The number of aromatic nitrogens is 2. The number of hydrogen-bond donors (Lipinski definition) is 2. The minimum absolute atomic E-state index is 0.0437. The molecule has 0 unspecified atom stereocenters. The third-order valence-electron chi connectivity index (χ3n) is 2.49. The van der Waals surface area contributed by atoms with E-state index in [0.717, 1.165) is 0 Å². The van der Waals surface area contributed by atoms with Gasteiger partial charge in [-0.25, -0.2) is 4.98 Å². The molecule has 8 heteroatoms. The Labute approximate surface area is 135 Å². The zero-order chi connectivity index (χ0) is 14.9. The van der Waals surface area contributed by atoms with Gasteiger partial charge >= 0.3 is 0 Å². The van der Waals surface area contributed by atoms with Crippen molar-refractivity contribution in [1.82, 2.24) is 9.97 Å². The summed E-state index contributed by atoms with van der Waals surface area (Å²) in [6.07, 6.45) is 1.77. The molecular weight excluding hydrogens is 410 g/mol. The van der Waals surface area contributed by atoms with Crippen molar-refractivity contribution in [2.24, 2.45) is 0 Å². The molecule has 5 nitrogen and oxygen atoms in total. The van der Waals surface area contributed by atoms with Crippen LogP contribution in [0.5, 0.6) is 5.75 Å². The highest BCUT2D eigenvalue weighted by Crippen LogP contribution is 2.36. The fourth-order valence-electron chi connectivity index (χ4n) is 1.56. The molecule has 102 valence electrons. The molecule has 0 aliphatic rings. The molecule has 2 N–H and O–H groups in total. The number of rotatable bonds is 2. The lowest BCUT2D eigenvalue weighted by atomic mass is 10.1. The lowest BCUT2D eigenvalue weighted by Gasteiger charge is -2.08. The highest BCUT2D eigenvalue weighted by Gasteiger charge is 2.15. The van der Waals surface area contributed by atoms with Crippen molar-refractivity contribution >= 4 is 43.6 Å². The number of phenolic OH excluding ortho intramolecular Hbond substituents is 1. The lowest BCUT2D eigenvalue weighted by molar-refractivity contribution is 0.468. The number of benzene rings is 1. The van der Waals surface area contributed by atoms with Crippen LogP contribution in [0.3, 0.4) is 0 Å². The molecule has 0 saturated heterocycles. The molecule has 1 heterocycles. The first-order valence-electron chi connectivity index (χ1n) is 5.24. The van der Waals surface area contributed by atoms with Crippen LogP contribution < -0.4 is 5.56 Å². The predicted molar refractivity (Wildman–Crippen MR) is 83.9 cm³/mol. The Balaban J connectivity index is 2.78. The van der Waals surface area contributed by atoms with Crippen LogP contribution >= 0.6 is 43.6 Å². The monoisotopic (exact) mass is 415 g/mol. The standard InChI is InChI=1S/C12H7Br2N3O2S/c1-20-12-16-9(6(4-15)11(19)17-12)5-2-7(13)10(18)8(14)3-5/h2-3,18H,1H3,(H,16,17,19). The summed E-state index contributed by atoms with van der Waals surface area (Å²) in [6.45, 7) is 0. The van der Waals surface area contributed by atoms with E-state index < -0.39 is 5.56 Å². The number of hydrogen-bond acceptors (Lipinski definition) is 5. The van der Waals surface area contributed by atoms with Crippen molar-refractivity contribution in [3.05, 3.63) is 37.0 Å². The zero-order valence-corrected chi connectivity index (χ0v) is 14.1. The molecule has 0 saturated carbocycles. The highest BCUT2D eigenvalue weighted by molar-refractivity contribution is 9.11. The minimum Gasteiger partial charge on any atom is -0.506 e. The van der Waals surface area contributed by atoms with E-state index in [-0.39, 0.29) is 17.0 Å². The molecular formula is C12H7Br2N3O2S. The van der Waals surface area contributed by atoms with Gasteiger partial charge < -0.3 is 10.1 Å². The number of H-pyrrole nitrogens is 1. The van der Waals surface area contributed by atoms with Crippen LogP contribution in [0, 0.1) is 11.3 Å². The van der Waals surface area contributed by atoms with Gasteiger partial charge in [0.05, 0.1) is 14.6 Å². The molecule has 1 aromatic heterocycles. The highest BCUT2D eigenvalue weighted by atomic mass is 79.9. The first kappa shape index (κ1) is 15.1. The van der Waals surface area contributed by atoms with E-state index in [2.05, 4.69) is 41.8 Å². The summed E-state index contributed by atoms with van der Waals surface area (Å²) in [5.41, 5.74) is 0.288. The van der Waals surface area contributed by atoms with E-state index in [9.17, 15) is 9.90 Å². The van der Waals surface area contributed by atoms with Gasteiger partial charge in [-0.3, -0.25) is 4.79 Å². The summed E-state index contributed by atoms with van der Waals surface area (Å²) in [5.74, 6) is 0.0437. The van der Waals surface area contributed by atoms with Crippen molar-refractivity contribution in [2.75, 3.05) is 6.26 Å². The predicted octanol–water partition coefficient (Wildman–Crippen LogP) is 3.26. The fraction of sp³-hybridized carbons (Fsp3) is 0.0833. The number of thioether (sulfide) groups is 1. The largest absolute Gasteiger partial charge is 0.506 e. The summed E-state index contributed by atoms with van der Waals surface area (Å²) in [4.78, 5) is 18.7. The maximum Gasteiger partial charge on any atom is 0.270 e. The fourth-order valence-corrected chi connectivity index (χ4v) is 3.13. The molecule has 0 bridgehead atoms. The van der Waals surface area contributed by atoms with Crippen LogP contribution in [-0.2, 0) is 0 Å². The second kappa shape index (κ2) is 5.99. The van der Waals surface area contributed by atoms with Crippen molar-refractivity contribution in [3.63, 3.8) is 0 Å². The van der Waals surface area contributed by atoms with Gasteiger partial charge in [0.1, 0.15) is 17.4 Å². The summed E-state index contributed by atoms with van der Waals surface area (Å²) >= 11 is 7.70. The number of nitrogens with zero attached hydrogens (tertiary/aromatic N) is 2. The number of nitriles is 1. The molecule has 0 fully saturated rings. The van der Waals surface area contributed by atoms with E-state index in [1.54, 1.807) is 18.4 Å². The summed E-state index contributed by atoms with van der Waals surface area (Å²) < 4.78 is 0.886. The van der Waals surface area contributed by atoms with E-state index in [0.29, 0.717) is 19.7 Å². The number of phenols is 1. The maximum atomic E-state index is 11.9. The molecule has 0 radical (unpaired) electrons. The summed E-state index contributed by atoms with van der Waals surface area (Å²) in [7, 11) is 0. The van der Waals surface area contributed by atoms with E-state index in [4.69, 9.17) is 5.26 Å². The summed E-state index contributed by atoms with van der Waals surface area (Å²) in [6, 6.07) is 5.07. The van der Waals surface area contributed by atoms with Crippen LogP contribution in [0.1, 0.15) is 5.56 Å². The first-order valence-corrected chi connectivity index (χ1v) is 8.05. The van der Waals surface area contributed by atoms with E-state index in [1.807, 2.05) is 6.07 Å². The Morgan fingerprint density at radius 2 is 2.00 bits per heavy atom. The number of aromatic amines is 1. The Kier molecular flexibility index (Phi) is 4.52. The minimum atomic E-state index is -0.484. The van der Waals surface area contributed by atoms with Gasteiger partial charge in [0.15, 0.2) is 5.16 Å². The average molecular weight is 417 g/mol. The molecule has 0 atom stereocenters. The van der Waals surface area contributed by atoms with Crippen LogP contribution in [0.25, 0.3) is 11.3 Å². The SMILES string of the molecule is CSc1nc(-c2cc(Br)c(O)c(Br)c2)c(C#N)c(=O)[nH]1. The normalized spacial score (nSPS) is 10.3. The molecule has 0 aliphatic carbocycles. The van der Waals surface area contributed by atoms with Crippen LogP contribution in [0.15, 0.2) is 31.0 Å². The van der Waals surface area contributed by atoms with Crippen molar-refractivity contribution < 1.29 is 5.11 Å². The summed E-state index contributed by atoms with van der Waals surface area (Å²) in [5, 5.41) is 19.3. The smallest absolute Gasteiger partial charge is 0.270 e. The van der Waals surface area contributed by atoms with Crippen LogP contribution in [0.2, 0.25) is 0 Å². The second-order valence-electron chi connectivity index (χ2n) is 3.70. The van der Waals surface area contributed by atoms with Gasteiger partial charge in [0.2, 0.25) is 0 Å². The maximum absolute atomic E-state index is 11.9. The molecule has 0 spiro atoms. The third-order valence-corrected chi connectivity index (χ3v) is 4.28. The Morgan fingerprint density at radius 3 is 2.50 bits per heavy atom. The van der Waals surface area contributed by atoms with Gasteiger partial charge in [-0.1, -0.05) is 11.8 Å². The van der Waals surface area contributed by atoms with Crippen LogP contribution in [0.4, 0.5) is 0 Å². The Hall–Kier alpha value is -1.30. The van der Waals surface area contributed by atoms with Crippen LogP contribution in [-0.4, -0.2) is 21.3 Å². The average Bonchev–Trinajstić information content (AvgIpc) is 2.43. The number of nitrogens with one attached hydrogen (secondary N) is 1. The first-order chi connectivity index (χ1) is 9.47. The van der Waals surface area contributed by atoms with Crippen molar-refractivity contribution in [2.45, 2.75) is 5.16 Å². The Bertz CT molecular complexity index is 760. The quantitative estimate of drug-likeness (QED) is 0.579. The second-order valence-corrected chi connectivity index (χ2v) is 6.20. The number of halogens is 2. The molecule has 1 aromatic carbocycles. The van der Waals surface area contributed by atoms with Crippen molar-refractivity contribution in [3.8, 4) is 23.1 Å². The van der Waals surface area contributed by atoms with Gasteiger partial charge in [0, 0.05) is 5.56 Å². The van der Waals surface area contributed by atoms with Crippen molar-refractivity contribution in [1.29, 1.82) is 5.26 Å². The molecule has 20 heavy (non-hydrogen) atoms. The Morgan fingerprint density at radius 1 is 1.40 bits per heavy atom. The molecule has 2 rings (SSSR count). The molecule has 2 aromatic rings. The van der Waals surface area contributed by atoms with Gasteiger partial charge in [-0.05, 0) is 50.2 Å². The molecule has 0 aliphatic heterocycles. The van der Waals surface area contributed by atoms with Gasteiger partial charge in [0.25, 0.3) is 5.56 Å². The van der Waals surface area contributed by atoms with Gasteiger partial charge in [-0.15, -0.1) is 0 Å². The zero-order valence-electron chi connectivity index (χ0n) is 10.1. The topological polar surface area (TPSA) is 89.8 Å². The van der Waals surface area contributed by atoms with E-state index in [1.165, 1.54) is 11.8 Å². The third kappa shape index (κ3) is 2.75. The molecule has 0 amide bonds. The van der Waals surface area contributed by atoms with Gasteiger partial charge in [-0.2, -0.15) is 5.26 Å². The number of aromatic hydroxyl groups is 1.